The number of rotatable bonds is 5. The summed E-state index contributed by atoms with van der Waals surface area (Å²) >= 11 is 0. The average Bonchev–Trinajstić information content (AvgIpc) is 2.59. The Kier molecular flexibility index (Phi) is 6.74. The first-order chi connectivity index (χ1) is 12.3. The number of hydrogen-bond donors (Lipinski definition) is 0. The van der Waals surface area contributed by atoms with Crippen molar-refractivity contribution < 1.29 is 23.9 Å². The normalized spacial score (nSPS) is 18.3. The van der Waals surface area contributed by atoms with E-state index in [0.717, 1.165) is 11.8 Å². The summed E-state index contributed by atoms with van der Waals surface area (Å²) in [5.74, 6) is -0.397. The number of nitrogens with zero attached hydrogens (tertiary/aromatic N) is 2. The zero-order valence-corrected chi connectivity index (χ0v) is 15.5. The Morgan fingerprint density at radius 1 is 1.19 bits per heavy atom. The van der Waals surface area contributed by atoms with E-state index in [9.17, 15) is 14.4 Å². The third kappa shape index (κ3) is 6.15. The van der Waals surface area contributed by atoms with Crippen LogP contribution in [0.3, 0.4) is 0 Å². The SMILES string of the molecule is CC(C)(C)OC(=O)N1CCN(CC(=O)OCc2ccccc2)C(C=O)C1. The largest absolute Gasteiger partial charge is 0.460 e. The third-order valence-corrected chi connectivity index (χ3v) is 3.92. The van der Waals surface area contributed by atoms with E-state index in [2.05, 4.69) is 0 Å². The minimum Gasteiger partial charge on any atom is -0.460 e. The van der Waals surface area contributed by atoms with E-state index >= 15 is 0 Å². The van der Waals surface area contributed by atoms with Gasteiger partial charge in [-0.25, -0.2) is 4.79 Å². The van der Waals surface area contributed by atoms with Gasteiger partial charge in [0.05, 0.1) is 12.6 Å². The fourth-order valence-electron chi connectivity index (χ4n) is 2.61. The molecule has 1 amide bonds. The van der Waals surface area contributed by atoms with E-state index in [4.69, 9.17) is 9.47 Å². The van der Waals surface area contributed by atoms with Crippen LogP contribution in [0.1, 0.15) is 26.3 Å². The lowest BCUT2D eigenvalue weighted by Gasteiger charge is -2.38. The van der Waals surface area contributed by atoms with Crippen molar-refractivity contribution in [2.24, 2.45) is 0 Å². The van der Waals surface area contributed by atoms with Crippen molar-refractivity contribution in [2.75, 3.05) is 26.2 Å². The third-order valence-electron chi connectivity index (χ3n) is 3.92. The maximum Gasteiger partial charge on any atom is 0.410 e. The molecule has 1 heterocycles. The standard InChI is InChI=1S/C19H26N2O5/c1-19(2,3)26-18(24)21-10-9-20(16(11-21)13-22)12-17(23)25-14-15-7-5-4-6-8-15/h4-8,13,16H,9-12,14H2,1-3H3. The molecule has 0 aromatic heterocycles. The molecule has 0 aliphatic carbocycles. The molecule has 0 spiro atoms. The maximum atomic E-state index is 12.1. The van der Waals surface area contributed by atoms with Gasteiger partial charge in [-0.15, -0.1) is 0 Å². The van der Waals surface area contributed by atoms with Gasteiger partial charge in [-0.3, -0.25) is 9.69 Å². The summed E-state index contributed by atoms with van der Waals surface area (Å²) in [6, 6.07) is 8.84. The summed E-state index contributed by atoms with van der Waals surface area (Å²) < 4.78 is 10.6. The molecule has 2 rings (SSSR count). The van der Waals surface area contributed by atoms with Gasteiger partial charge in [-0.05, 0) is 26.3 Å². The monoisotopic (exact) mass is 362 g/mol. The number of benzene rings is 1. The van der Waals surface area contributed by atoms with Crippen molar-refractivity contribution >= 4 is 18.3 Å². The molecule has 0 saturated carbocycles. The molecule has 1 aromatic carbocycles. The number of piperazine rings is 1. The van der Waals surface area contributed by atoms with Crippen molar-refractivity contribution in [2.45, 2.75) is 39.0 Å². The minimum absolute atomic E-state index is 0.0123. The molecule has 1 saturated heterocycles. The number of esters is 1. The molecule has 0 bridgehead atoms. The second-order valence-electron chi connectivity index (χ2n) is 7.25. The lowest BCUT2D eigenvalue weighted by Crippen LogP contribution is -2.57. The number of amides is 1. The van der Waals surface area contributed by atoms with Crippen LogP contribution in [-0.2, 0) is 25.7 Å². The van der Waals surface area contributed by atoms with Crippen LogP contribution in [0.2, 0.25) is 0 Å². The first kappa shape index (κ1) is 19.9. The Morgan fingerprint density at radius 3 is 2.50 bits per heavy atom. The first-order valence-corrected chi connectivity index (χ1v) is 8.65. The Hall–Kier alpha value is -2.41. The number of carbonyl (C=O) groups excluding carboxylic acids is 3. The number of hydrogen-bond acceptors (Lipinski definition) is 6. The van der Waals surface area contributed by atoms with Crippen LogP contribution in [0.5, 0.6) is 0 Å². The molecule has 142 valence electrons. The summed E-state index contributed by atoms with van der Waals surface area (Å²) in [5, 5.41) is 0. The van der Waals surface area contributed by atoms with Gasteiger partial charge in [0.1, 0.15) is 18.5 Å². The first-order valence-electron chi connectivity index (χ1n) is 8.65. The Bertz CT molecular complexity index is 627. The van der Waals surface area contributed by atoms with Gasteiger partial charge in [0.25, 0.3) is 0 Å². The lowest BCUT2D eigenvalue weighted by molar-refractivity contribution is -0.147. The van der Waals surface area contributed by atoms with Crippen molar-refractivity contribution in [3.8, 4) is 0 Å². The Labute approximate surface area is 153 Å². The molecule has 7 nitrogen and oxygen atoms in total. The van der Waals surface area contributed by atoms with Crippen LogP contribution in [0, 0.1) is 0 Å². The van der Waals surface area contributed by atoms with Gasteiger partial charge < -0.3 is 19.2 Å². The molecule has 1 aliphatic heterocycles. The molecule has 0 radical (unpaired) electrons. The van der Waals surface area contributed by atoms with Crippen LogP contribution in [-0.4, -0.2) is 66.0 Å². The maximum absolute atomic E-state index is 12.1. The Balaban J connectivity index is 1.84. The van der Waals surface area contributed by atoms with Gasteiger partial charge in [0.2, 0.25) is 0 Å². The van der Waals surface area contributed by atoms with E-state index in [-0.39, 0.29) is 19.7 Å². The fourth-order valence-corrected chi connectivity index (χ4v) is 2.61. The quantitative estimate of drug-likeness (QED) is 0.588. The molecule has 1 aromatic rings. The second-order valence-corrected chi connectivity index (χ2v) is 7.25. The summed E-state index contributed by atoms with van der Waals surface area (Å²) in [7, 11) is 0. The van der Waals surface area contributed by atoms with E-state index in [0.29, 0.717) is 13.1 Å². The molecular weight excluding hydrogens is 336 g/mol. The van der Waals surface area contributed by atoms with E-state index in [1.165, 1.54) is 4.90 Å². The van der Waals surface area contributed by atoms with Crippen LogP contribution in [0.15, 0.2) is 30.3 Å². The highest BCUT2D eigenvalue weighted by Gasteiger charge is 2.32. The molecule has 26 heavy (non-hydrogen) atoms. The van der Waals surface area contributed by atoms with E-state index in [1.807, 2.05) is 30.3 Å². The van der Waals surface area contributed by atoms with Gasteiger partial charge in [0.15, 0.2) is 0 Å². The van der Waals surface area contributed by atoms with Crippen LogP contribution in [0.25, 0.3) is 0 Å². The van der Waals surface area contributed by atoms with Gasteiger partial charge in [0, 0.05) is 19.6 Å². The predicted octanol–water partition coefficient (Wildman–Crippen LogP) is 1.85. The summed E-state index contributed by atoms with van der Waals surface area (Å²) in [6.07, 6.45) is 0.303. The highest BCUT2D eigenvalue weighted by Crippen LogP contribution is 2.14. The van der Waals surface area contributed by atoms with Crippen molar-refractivity contribution in [3.05, 3.63) is 35.9 Å². The lowest BCUT2D eigenvalue weighted by atomic mass is 10.2. The molecule has 1 atom stereocenters. The minimum atomic E-state index is -0.591. The van der Waals surface area contributed by atoms with Crippen molar-refractivity contribution in [1.82, 2.24) is 9.80 Å². The van der Waals surface area contributed by atoms with Crippen molar-refractivity contribution in [1.29, 1.82) is 0 Å². The zero-order chi connectivity index (χ0) is 19.2. The van der Waals surface area contributed by atoms with Crippen LogP contribution >= 0.6 is 0 Å². The fraction of sp³-hybridized carbons (Fsp3) is 0.526. The topological polar surface area (TPSA) is 76.2 Å². The zero-order valence-electron chi connectivity index (χ0n) is 15.5. The van der Waals surface area contributed by atoms with Crippen LogP contribution in [0.4, 0.5) is 4.79 Å². The molecule has 1 aliphatic rings. The molecule has 1 fully saturated rings. The van der Waals surface area contributed by atoms with Crippen LogP contribution < -0.4 is 0 Å². The second kappa shape index (κ2) is 8.80. The summed E-state index contributed by atoms with van der Waals surface area (Å²) in [4.78, 5) is 38.8. The predicted molar refractivity (Wildman–Crippen MR) is 95.5 cm³/mol. The Morgan fingerprint density at radius 2 is 1.88 bits per heavy atom. The summed E-state index contributed by atoms with van der Waals surface area (Å²) in [5.41, 5.74) is 0.314. The highest BCUT2D eigenvalue weighted by molar-refractivity contribution is 5.73. The number of ether oxygens (including phenoxy) is 2. The van der Waals surface area contributed by atoms with Gasteiger partial charge in [-0.2, -0.15) is 0 Å². The average molecular weight is 362 g/mol. The van der Waals surface area contributed by atoms with Gasteiger partial charge in [-0.1, -0.05) is 30.3 Å². The molecule has 0 N–H and O–H groups in total. The molecule has 7 heteroatoms. The smallest absolute Gasteiger partial charge is 0.410 e. The van der Waals surface area contributed by atoms with Crippen molar-refractivity contribution in [3.63, 3.8) is 0 Å². The van der Waals surface area contributed by atoms with Gasteiger partial charge >= 0.3 is 12.1 Å². The molecule has 1 unspecified atom stereocenters. The highest BCUT2D eigenvalue weighted by atomic mass is 16.6. The molecular formula is C19H26N2O5. The number of aldehydes is 1. The number of carbonyl (C=O) groups is 3. The van der Waals surface area contributed by atoms with E-state index < -0.39 is 23.7 Å². The summed E-state index contributed by atoms with van der Waals surface area (Å²) in [6.45, 7) is 6.59. The van der Waals surface area contributed by atoms with E-state index in [1.54, 1.807) is 25.7 Å².